The topological polar surface area (TPSA) is 107 Å². The molecule has 2 N–H and O–H groups in total. The Morgan fingerprint density at radius 1 is 1.11 bits per heavy atom. The van der Waals surface area contributed by atoms with Crippen LogP contribution in [0.2, 0.25) is 0 Å². The van der Waals surface area contributed by atoms with Crippen LogP contribution in [-0.4, -0.2) is 73.4 Å². The van der Waals surface area contributed by atoms with Crippen molar-refractivity contribution in [1.29, 1.82) is 0 Å². The molecular weight excluding hydrogens is 474 g/mol. The second kappa shape index (κ2) is 11.2. The number of methoxy groups -OCH3 is 1. The Bertz CT molecular complexity index is 1330. The molecule has 1 amide bonds. The first-order chi connectivity index (χ1) is 18.1. The van der Waals surface area contributed by atoms with E-state index in [0.29, 0.717) is 54.9 Å². The number of nitrogens with one attached hydrogen (secondary N) is 2. The minimum atomic E-state index is -0.277. The Kier molecular flexibility index (Phi) is 7.57. The van der Waals surface area contributed by atoms with Gasteiger partial charge in [-0.25, -0.2) is 0 Å². The lowest BCUT2D eigenvalue weighted by atomic mass is 10.0. The summed E-state index contributed by atoms with van der Waals surface area (Å²) in [5, 5.41) is 6.97. The molecule has 0 unspecified atom stereocenters. The molecule has 2 aliphatic heterocycles. The van der Waals surface area contributed by atoms with Gasteiger partial charge in [0, 0.05) is 56.3 Å². The summed E-state index contributed by atoms with van der Waals surface area (Å²) in [7, 11) is 3.16. The lowest BCUT2D eigenvalue weighted by molar-refractivity contribution is 0.0964. The molecule has 196 valence electrons. The van der Waals surface area contributed by atoms with Gasteiger partial charge in [0.05, 0.1) is 30.1 Å². The van der Waals surface area contributed by atoms with Crippen LogP contribution >= 0.6 is 0 Å². The maximum atomic E-state index is 13.0. The summed E-state index contributed by atoms with van der Waals surface area (Å²) in [6.07, 6.45) is 3.77. The molecule has 10 heteroatoms. The molecule has 3 aromatic rings. The van der Waals surface area contributed by atoms with Gasteiger partial charge in [0.1, 0.15) is 19.0 Å². The smallest absolute Gasteiger partial charge is 0.251 e. The van der Waals surface area contributed by atoms with E-state index >= 15 is 0 Å². The van der Waals surface area contributed by atoms with Crippen LogP contribution in [0.3, 0.4) is 0 Å². The number of carbonyl (C=O) groups is 1. The Hall–Kier alpha value is -3.63. The van der Waals surface area contributed by atoms with Crippen LogP contribution in [-0.2, 0) is 13.1 Å². The molecule has 5 rings (SSSR count). The fraction of sp³-hybridized carbons (Fsp3) is 0.444. The first kappa shape index (κ1) is 25.0. The zero-order chi connectivity index (χ0) is 25.8. The molecule has 0 atom stereocenters. The van der Waals surface area contributed by atoms with Gasteiger partial charge in [-0.15, -0.1) is 0 Å². The van der Waals surface area contributed by atoms with Gasteiger partial charge < -0.3 is 34.3 Å². The third-order valence-corrected chi connectivity index (χ3v) is 7.08. The number of benzene rings is 1. The zero-order valence-corrected chi connectivity index (χ0v) is 21.3. The second-order valence-corrected chi connectivity index (χ2v) is 9.33. The Morgan fingerprint density at radius 3 is 2.65 bits per heavy atom. The number of amides is 1. The molecule has 1 saturated heterocycles. The lowest BCUT2D eigenvalue weighted by Gasteiger charge is -2.32. The molecule has 4 heterocycles. The number of ether oxygens (including phenoxy) is 3. The molecule has 1 aromatic carbocycles. The van der Waals surface area contributed by atoms with Crippen LogP contribution in [0.5, 0.6) is 17.2 Å². The van der Waals surface area contributed by atoms with Gasteiger partial charge in [0.15, 0.2) is 11.5 Å². The average molecular weight is 508 g/mol. The molecular formula is C27H33N5O5. The quantitative estimate of drug-likeness (QED) is 0.475. The van der Waals surface area contributed by atoms with Gasteiger partial charge in [-0.05, 0) is 38.1 Å². The number of hydrogen-bond donors (Lipinski definition) is 2. The summed E-state index contributed by atoms with van der Waals surface area (Å²) in [6, 6.07) is 9.25. The highest BCUT2D eigenvalue weighted by Crippen LogP contribution is 2.29. The Morgan fingerprint density at radius 2 is 1.89 bits per heavy atom. The van der Waals surface area contributed by atoms with Crippen LogP contribution < -0.4 is 30.4 Å². The van der Waals surface area contributed by atoms with Gasteiger partial charge in [-0.1, -0.05) is 0 Å². The SMILES string of the molecule is CNC(=O)c1cc(=O)n(CCN2CCC(NCc3cc4c(cn3)OCCO4)CC2)c2cc(OC)ccc12. The summed E-state index contributed by atoms with van der Waals surface area (Å²) >= 11 is 0. The summed E-state index contributed by atoms with van der Waals surface area (Å²) in [6.45, 7) is 4.98. The Balaban J connectivity index is 1.19. The summed E-state index contributed by atoms with van der Waals surface area (Å²) in [4.78, 5) is 32.2. The molecule has 37 heavy (non-hydrogen) atoms. The van der Waals surface area contributed by atoms with E-state index in [2.05, 4.69) is 20.5 Å². The first-order valence-corrected chi connectivity index (χ1v) is 12.7. The van der Waals surface area contributed by atoms with Crippen LogP contribution in [0.4, 0.5) is 0 Å². The number of pyridine rings is 2. The first-order valence-electron chi connectivity index (χ1n) is 12.7. The number of piperidine rings is 1. The van der Waals surface area contributed by atoms with E-state index in [1.807, 2.05) is 24.3 Å². The van der Waals surface area contributed by atoms with E-state index in [9.17, 15) is 9.59 Å². The molecule has 0 bridgehead atoms. The van der Waals surface area contributed by atoms with Crippen molar-refractivity contribution in [3.05, 3.63) is 58.1 Å². The summed E-state index contributed by atoms with van der Waals surface area (Å²) in [5.74, 6) is 1.84. The van der Waals surface area contributed by atoms with Crippen molar-refractivity contribution >= 4 is 16.8 Å². The normalized spacial score (nSPS) is 16.1. The maximum Gasteiger partial charge on any atom is 0.251 e. The molecule has 0 radical (unpaired) electrons. The van der Waals surface area contributed by atoms with E-state index in [0.717, 1.165) is 49.3 Å². The van der Waals surface area contributed by atoms with Gasteiger partial charge in [0.2, 0.25) is 0 Å². The maximum absolute atomic E-state index is 13.0. The van der Waals surface area contributed by atoms with E-state index < -0.39 is 0 Å². The van der Waals surface area contributed by atoms with Gasteiger partial charge in [-0.2, -0.15) is 0 Å². The minimum Gasteiger partial charge on any atom is -0.497 e. The van der Waals surface area contributed by atoms with E-state index in [1.165, 1.54) is 6.07 Å². The number of carbonyl (C=O) groups excluding carboxylic acids is 1. The zero-order valence-electron chi connectivity index (χ0n) is 21.3. The van der Waals surface area contributed by atoms with Crippen molar-refractivity contribution in [2.24, 2.45) is 0 Å². The summed E-state index contributed by atoms with van der Waals surface area (Å²) in [5.41, 5.74) is 1.83. The number of hydrogen-bond acceptors (Lipinski definition) is 8. The minimum absolute atomic E-state index is 0.192. The van der Waals surface area contributed by atoms with E-state index in [-0.39, 0.29) is 11.5 Å². The number of aromatic nitrogens is 2. The standard InChI is InChI=1S/C27H33N5O5/c1-28-27(34)22-15-26(33)32(23-14-20(35-2)3-4-21(22)23)10-9-31-7-5-18(6-8-31)29-16-19-13-24-25(17-30-19)37-12-11-36-24/h3-4,13-15,17-18,29H,5-12,16H2,1-2H3,(H,28,34). The van der Waals surface area contributed by atoms with Crippen molar-refractivity contribution in [2.45, 2.75) is 32.0 Å². The molecule has 0 spiro atoms. The van der Waals surface area contributed by atoms with Crippen LogP contribution in [0.1, 0.15) is 28.9 Å². The van der Waals surface area contributed by atoms with Crippen molar-refractivity contribution in [1.82, 2.24) is 25.1 Å². The summed E-state index contributed by atoms with van der Waals surface area (Å²) < 4.78 is 18.3. The van der Waals surface area contributed by atoms with E-state index in [1.54, 1.807) is 24.9 Å². The predicted molar refractivity (Wildman–Crippen MR) is 140 cm³/mol. The van der Waals surface area contributed by atoms with Gasteiger partial charge in [0.25, 0.3) is 11.5 Å². The van der Waals surface area contributed by atoms with Crippen LogP contribution in [0.25, 0.3) is 10.9 Å². The molecule has 10 nitrogen and oxygen atoms in total. The monoisotopic (exact) mass is 507 g/mol. The van der Waals surface area contributed by atoms with Crippen molar-refractivity contribution in [3.8, 4) is 17.2 Å². The third kappa shape index (κ3) is 5.55. The highest BCUT2D eigenvalue weighted by Gasteiger charge is 2.21. The van der Waals surface area contributed by atoms with Crippen molar-refractivity contribution in [3.63, 3.8) is 0 Å². The molecule has 0 aliphatic carbocycles. The number of nitrogens with zero attached hydrogens (tertiary/aromatic N) is 3. The predicted octanol–water partition coefficient (Wildman–Crippen LogP) is 1.79. The average Bonchev–Trinajstić information content (AvgIpc) is 2.95. The third-order valence-electron chi connectivity index (χ3n) is 7.08. The van der Waals surface area contributed by atoms with Gasteiger partial charge in [-0.3, -0.25) is 14.6 Å². The fourth-order valence-electron chi connectivity index (χ4n) is 4.98. The van der Waals surface area contributed by atoms with E-state index in [4.69, 9.17) is 14.2 Å². The highest BCUT2D eigenvalue weighted by molar-refractivity contribution is 6.06. The lowest BCUT2D eigenvalue weighted by Crippen LogP contribution is -2.43. The number of likely N-dealkylation sites (tertiary alicyclic amines) is 1. The number of fused-ring (bicyclic) bond motifs is 2. The molecule has 1 fully saturated rings. The molecule has 0 saturated carbocycles. The molecule has 2 aromatic heterocycles. The van der Waals surface area contributed by atoms with Crippen LogP contribution in [0, 0.1) is 0 Å². The van der Waals surface area contributed by atoms with Gasteiger partial charge >= 0.3 is 0 Å². The number of rotatable bonds is 8. The second-order valence-electron chi connectivity index (χ2n) is 9.33. The fourth-order valence-corrected chi connectivity index (χ4v) is 4.98. The van der Waals surface area contributed by atoms with Crippen molar-refractivity contribution < 1.29 is 19.0 Å². The van der Waals surface area contributed by atoms with Crippen molar-refractivity contribution in [2.75, 3.05) is 47.0 Å². The highest BCUT2D eigenvalue weighted by atomic mass is 16.6. The Labute approximate surface area is 215 Å². The largest absolute Gasteiger partial charge is 0.497 e. The molecule has 2 aliphatic rings. The van der Waals surface area contributed by atoms with Crippen LogP contribution in [0.15, 0.2) is 41.3 Å².